The fourth-order valence-corrected chi connectivity index (χ4v) is 2.95. The molecule has 4 aromatic rings. The number of carbonyl (C=O) groups excluding carboxylic acids is 1. The summed E-state index contributed by atoms with van der Waals surface area (Å²) in [6.45, 7) is 2.36. The first-order valence-corrected chi connectivity index (χ1v) is 9.20. The Kier molecular flexibility index (Phi) is 5.24. The van der Waals surface area contributed by atoms with Gasteiger partial charge in [-0.2, -0.15) is 4.98 Å². The van der Waals surface area contributed by atoms with Gasteiger partial charge in [0, 0.05) is 18.2 Å². The molecule has 0 aliphatic heterocycles. The Morgan fingerprint density at radius 2 is 2.10 bits per heavy atom. The molecule has 8 nitrogen and oxygen atoms in total. The molecule has 0 spiro atoms. The number of nitrogens with zero attached hydrogens (tertiary/aromatic N) is 3. The molecule has 1 amide bonds. The first kappa shape index (κ1) is 18.7. The summed E-state index contributed by atoms with van der Waals surface area (Å²) in [5, 5.41) is 7.77. The molecule has 4 rings (SSSR count). The van der Waals surface area contributed by atoms with Crippen molar-refractivity contribution in [1.29, 1.82) is 0 Å². The van der Waals surface area contributed by atoms with Crippen LogP contribution in [0.3, 0.4) is 0 Å². The standard InChI is InChI=1S/C21H20N4O4/c1-13-5-6-14-11-16(21(27-2)23-17(14)10-13)20-24-19(29-25-20)8-7-18(26)22-12-15-4-3-9-28-15/h3-6,9-11H,7-8,12H2,1-2H3,(H,22,26). The predicted octanol–water partition coefficient (Wildman–Crippen LogP) is 3.44. The third-order valence-electron chi connectivity index (χ3n) is 4.45. The molecule has 8 heteroatoms. The quantitative estimate of drug-likeness (QED) is 0.514. The Hall–Kier alpha value is -3.68. The Labute approximate surface area is 166 Å². The number of aromatic nitrogens is 3. The second-order valence-corrected chi connectivity index (χ2v) is 6.61. The van der Waals surface area contributed by atoms with Gasteiger partial charge in [0.15, 0.2) is 0 Å². The number of rotatable bonds is 7. The highest BCUT2D eigenvalue weighted by atomic mass is 16.5. The lowest BCUT2D eigenvalue weighted by molar-refractivity contribution is -0.121. The fraction of sp³-hybridized carbons (Fsp3) is 0.238. The smallest absolute Gasteiger partial charge is 0.227 e. The van der Waals surface area contributed by atoms with E-state index in [1.165, 1.54) is 0 Å². The van der Waals surface area contributed by atoms with Crippen molar-refractivity contribution >= 4 is 16.8 Å². The molecule has 0 bridgehead atoms. The van der Waals surface area contributed by atoms with Crippen molar-refractivity contribution < 1.29 is 18.5 Å². The maximum absolute atomic E-state index is 12.0. The summed E-state index contributed by atoms with van der Waals surface area (Å²) in [6, 6.07) is 11.5. The van der Waals surface area contributed by atoms with Gasteiger partial charge in [-0.3, -0.25) is 4.79 Å². The van der Waals surface area contributed by atoms with Crippen LogP contribution in [-0.4, -0.2) is 28.1 Å². The van der Waals surface area contributed by atoms with Gasteiger partial charge in [0.1, 0.15) is 5.76 Å². The zero-order chi connectivity index (χ0) is 20.2. The minimum Gasteiger partial charge on any atom is -0.480 e. The Morgan fingerprint density at radius 1 is 1.21 bits per heavy atom. The van der Waals surface area contributed by atoms with E-state index in [-0.39, 0.29) is 12.3 Å². The number of fused-ring (bicyclic) bond motifs is 1. The maximum atomic E-state index is 12.0. The summed E-state index contributed by atoms with van der Waals surface area (Å²) >= 11 is 0. The minimum atomic E-state index is -0.124. The Bertz CT molecular complexity index is 1140. The van der Waals surface area contributed by atoms with Crippen molar-refractivity contribution in [3.05, 3.63) is 59.9 Å². The van der Waals surface area contributed by atoms with Crippen LogP contribution in [0.5, 0.6) is 5.88 Å². The second kappa shape index (κ2) is 8.14. The van der Waals surface area contributed by atoms with Gasteiger partial charge in [-0.25, -0.2) is 4.98 Å². The van der Waals surface area contributed by atoms with Gasteiger partial charge in [0.05, 0.1) is 31.0 Å². The summed E-state index contributed by atoms with van der Waals surface area (Å²) < 4.78 is 15.9. The highest BCUT2D eigenvalue weighted by molar-refractivity contribution is 5.85. The molecule has 0 atom stereocenters. The molecule has 3 heterocycles. The number of ether oxygens (including phenoxy) is 1. The Morgan fingerprint density at radius 3 is 2.90 bits per heavy atom. The van der Waals surface area contributed by atoms with E-state index >= 15 is 0 Å². The number of benzene rings is 1. The van der Waals surface area contributed by atoms with Crippen molar-refractivity contribution in [2.45, 2.75) is 26.3 Å². The number of aryl methyl sites for hydroxylation is 2. The van der Waals surface area contributed by atoms with Crippen LogP contribution >= 0.6 is 0 Å². The van der Waals surface area contributed by atoms with Crippen LogP contribution in [0.4, 0.5) is 0 Å². The highest BCUT2D eigenvalue weighted by Gasteiger charge is 2.17. The van der Waals surface area contributed by atoms with Gasteiger partial charge in [0.25, 0.3) is 0 Å². The first-order chi connectivity index (χ1) is 14.1. The van der Waals surface area contributed by atoms with Crippen LogP contribution in [0.2, 0.25) is 0 Å². The third kappa shape index (κ3) is 4.26. The Balaban J connectivity index is 1.45. The molecule has 0 fully saturated rings. The summed E-state index contributed by atoms with van der Waals surface area (Å²) in [5.41, 5.74) is 2.59. The molecule has 148 valence electrons. The van der Waals surface area contributed by atoms with Gasteiger partial charge in [-0.05, 0) is 36.8 Å². The van der Waals surface area contributed by atoms with E-state index in [0.29, 0.717) is 41.9 Å². The number of hydrogen-bond acceptors (Lipinski definition) is 7. The van der Waals surface area contributed by atoms with E-state index < -0.39 is 0 Å². The van der Waals surface area contributed by atoms with E-state index in [0.717, 1.165) is 16.5 Å². The van der Waals surface area contributed by atoms with Gasteiger partial charge in [-0.15, -0.1) is 0 Å². The van der Waals surface area contributed by atoms with Crippen molar-refractivity contribution in [3.8, 4) is 17.3 Å². The van der Waals surface area contributed by atoms with Crippen LogP contribution in [0, 0.1) is 6.92 Å². The SMILES string of the molecule is COc1nc2cc(C)ccc2cc1-c1noc(CCC(=O)NCc2ccco2)n1. The number of pyridine rings is 1. The molecule has 1 aromatic carbocycles. The van der Waals surface area contributed by atoms with Gasteiger partial charge in [-0.1, -0.05) is 17.3 Å². The molecule has 1 N–H and O–H groups in total. The van der Waals surface area contributed by atoms with Crippen molar-refractivity contribution in [2.24, 2.45) is 0 Å². The summed E-state index contributed by atoms with van der Waals surface area (Å²) in [7, 11) is 1.55. The second-order valence-electron chi connectivity index (χ2n) is 6.61. The van der Waals surface area contributed by atoms with E-state index in [9.17, 15) is 4.79 Å². The van der Waals surface area contributed by atoms with Gasteiger partial charge in [0.2, 0.25) is 23.5 Å². The zero-order valence-electron chi connectivity index (χ0n) is 16.1. The lowest BCUT2D eigenvalue weighted by Crippen LogP contribution is -2.22. The van der Waals surface area contributed by atoms with Crippen molar-refractivity contribution in [3.63, 3.8) is 0 Å². The summed E-state index contributed by atoms with van der Waals surface area (Å²) in [4.78, 5) is 20.9. The molecular formula is C21H20N4O4. The van der Waals surface area contributed by atoms with Crippen LogP contribution < -0.4 is 10.1 Å². The average molecular weight is 392 g/mol. The molecule has 0 aliphatic rings. The summed E-state index contributed by atoms with van der Waals surface area (Å²) in [5.74, 6) is 1.75. The van der Waals surface area contributed by atoms with Gasteiger partial charge < -0.3 is 19.0 Å². The maximum Gasteiger partial charge on any atom is 0.227 e. The lowest BCUT2D eigenvalue weighted by atomic mass is 10.1. The third-order valence-corrected chi connectivity index (χ3v) is 4.45. The number of amides is 1. The van der Waals surface area contributed by atoms with Crippen LogP contribution in [0.1, 0.15) is 23.6 Å². The van der Waals surface area contributed by atoms with E-state index in [2.05, 4.69) is 20.4 Å². The number of furan rings is 1. The minimum absolute atomic E-state index is 0.124. The largest absolute Gasteiger partial charge is 0.480 e. The molecule has 0 radical (unpaired) electrons. The molecule has 0 saturated carbocycles. The molecule has 0 aliphatic carbocycles. The van der Waals surface area contributed by atoms with Crippen molar-refractivity contribution in [2.75, 3.05) is 7.11 Å². The highest BCUT2D eigenvalue weighted by Crippen LogP contribution is 2.30. The number of methoxy groups -OCH3 is 1. The first-order valence-electron chi connectivity index (χ1n) is 9.20. The number of carbonyl (C=O) groups is 1. The average Bonchev–Trinajstić information content (AvgIpc) is 3.41. The molecule has 0 saturated heterocycles. The summed E-state index contributed by atoms with van der Waals surface area (Å²) in [6.07, 6.45) is 2.13. The zero-order valence-corrected chi connectivity index (χ0v) is 16.1. The van der Waals surface area contributed by atoms with Crippen LogP contribution in [0.15, 0.2) is 51.6 Å². The normalized spacial score (nSPS) is 11.0. The van der Waals surface area contributed by atoms with E-state index in [4.69, 9.17) is 13.7 Å². The van der Waals surface area contributed by atoms with E-state index in [1.807, 2.05) is 31.2 Å². The molecule has 0 unspecified atom stereocenters. The van der Waals surface area contributed by atoms with Crippen molar-refractivity contribution in [1.82, 2.24) is 20.4 Å². The van der Waals surface area contributed by atoms with E-state index in [1.54, 1.807) is 25.5 Å². The molecular weight excluding hydrogens is 372 g/mol. The van der Waals surface area contributed by atoms with Gasteiger partial charge >= 0.3 is 0 Å². The van der Waals surface area contributed by atoms with Crippen LogP contribution in [0.25, 0.3) is 22.3 Å². The topological polar surface area (TPSA) is 103 Å². The molecule has 29 heavy (non-hydrogen) atoms. The number of nitrogens with one attached hydrogen (secondary N) is 1. The molecule has 3 aromatic heterocycles. The number of hydrogen-bond donors (Lipinski definition) is 1. The fourth-order valence-electron chi connectivity index (χ4n) is 2.95. The predicted molar refractivity (Wildman–Crippen MR) is 105 cm³/mol. The van der Waals surface area contributed by atoms with Crippen LogP contribution in [-0.2, 0) is 17.8 Å². The lowest BCUT2D eigenvalue weighted by Gasteiger charge is -2.07. The monoisotopic (exact) mass is 392 g/mol.